The zero-order chi connectivity index (χ0) is 21.2. The van der Waals surface area contributed by atoms with Crippen molar-refractivity contribution < 1.29 is 19.0 Å². The molecule has 1 N–H and O–H groups in total. The lowest BCUT2D eigenvalue weighted by molar-refractivity contribution is -0.118. The molecular weight excluding hydrogens is 390 g/mol. The van der Waals surface area contributed by atoms with Crippen LogP contribution in [0.4, 0.5) is 0 Å². The zero-order valence-electron chi connectivity index (χ0n) is 16.4. The van der Waals surface area contributed by atoms with Crippen LogP contribution in [0, 0.1) is 22.7 Å². The number of carbonyl (C=O) groups excluding carboxylic acids is 1. The number of methoxy groups -OCH3 is 3. The summed E-state index contributed by atoms with van der Waals surface area (Å²) in [5.74, 6) is 1.80. The summed E-state index contributed by atoms with van der Waals surface area (Å²) >= 11 is 1.42. The van der Waals surface area contributed by atoms with E-state index in [4.69, 9.17) is 19.5 Å². The summed E-state index contributed by atoms with van der Waals surface area (Å²) in [6.07, 6.45) is 0. The number of hydrogen-bond acceptors (Lipinski definition) is 7. The first-order chi connectivity index (χ1) is 14.1. The maximum absolute atomic E-state index is 12.3. The quantitative estimate of drug-likeness (QED) is 0.675. The van der Waals surface area contributed by atoms with Gasteiger partial charge in [0.1, 0.15) is 6.04 Å². The van der Waals surface area contributed by atoms with Gasteiger partial charge in [-0.2, -0.15) is 10.5 Å². The fraction of sp³-hybridized carbons (Fsp3) is 0.286. The van der Waals surface area contributed by atoms with Crippen LogP contribution in [-0.4, -0.2) is 33.0 Å². The first kappa shape index (κ1) is 21.9. The molecule has 7 nitrogen and oxygen atoms in total. The third kappa shape index (κ3) is 5.81. The number of nitrogens with zero attached hydrogens (tertiary/aromatic N) is 2. The number of nitriles is 2. The molecular formula is C21H21N3O4S. The molecule has 1 amide bonds. The van der Waals surface area contributed by atoms with E-state index in [0.29, 0.717) is 34.1 Å². The SMILES string of the molecule is COc1cc(C(C#N)NC(=O)CSCc2ccc(C#N)cc2)cc(OC)c1OC. The molecule has 1 unspecified atom stereocenters. The molecule has 0 aliphatic carbocycles. The zero-order valence-corrected chi connectivity index (χ0v) is 17.2. The topological polar surface area (TPSA) is 104 Å². The maximum Gasteiger partial charge on any atom is 0.231 e. The predicted molar refractivity (Wildman–Crippen MR) is 110 cm³/mol. The third-order valence-corrected chi connectivity index (χ3v) is 5.04. The largest absolute Gasteiger partial charge is 0.493 e. The van der Waals surface area contributed by atoms with Gasteiger partial charge >= 0.3 is 0 Å². The lowest BCUT2D eigenvalue weighted by Gasteiger charge is -2.17. The highest BCUT2D eigenvalue weighted by molar-refractivity contribution is 7.99. The van der Waals surface area contributed by atoms with Gasteiger partial charge in [0.25, 0.3) is 0 Å². The van der Waals surface area contributed by atoms with Crippen LogP contribution in [0.5, 0.6) is 17.2 Å². The highest BCUT2D eigenvalue weighted by Crippen LogP contribution is 2.39. The van der Waals surface area contributed by atoms with E-state index in [1.54, 1.807) is 24.3 Å². The summed E-state index contributed by atoms with van der Waals surface area (Å²) in [7, 11) is 4.47. The van der Waals surface area contributed by atoms with Crippen LogP contribution < -0.4 is 19.5 Å². The number of benzene rings is 2. The Morgan fingerprint density at radius 2 is 1.69 bits per heavy atom. The monoisotopic (exact) mass is 411 g/mol. The molecule has 0 aliphatic rings. The van der Waals surface area contributed by atoms with Gasteiger partial charge in [-0.3, -0.25) is 4.79 Å². The van der Waals surface area contributed by atoms with E-state index < -0.39 is 6.04 Å². The number of rotatable bonds is 9. The van der Waals surface area contributed by atoms with Gasteiger partial charge in [0.15, 0.2) is 11.5 Å². The molecule has 2 aromatic carbocycles. The molecule has 0 bridgehead atoms. The van der Waals surface area contributed by atoms with Crippen molar-refractivity contribution in [1.29, 1.82) is 10.5 Å². The van der Waals surface area contributed by atoms with Crippen molar-refractivity contribution in [3.05, 3.63) is 53.1 Å². The third-order valence-electron chi connectivity index (χ3n) is 4.04. The molecule has 8 heteroatoms. The molecule has 29 heavy (non-hydrogen) atoms. The van der Waals surface area contributed by atoms with Crippen LogP contribution in [0.15, 0.2) is 36.4 Å². The predicted octanol–water partition coefficient (Wildman–Crippen LogP) is 3.20. The van der Waals surface area contributed by atoms with Crippen molar-refractivity contribution in [1.82, 2.24) is 5.32 Å². The lowest BCUT2D eigenvalue weighted by atomic mass is 10.1. The van der Waals surface area contributed by atoms with Gasteiger partial charge in [-0.1, -0.05) is 12.1 Å². The number of hydrogen-bond donors (Lipinski definition) is 1. The minimum Gasteiger partial charge on any atom is -0.493 e. The first-order valence-electron chi connectivity index (χ1n) is 8.62. The molecule has 150 valence electrons. The second-order valence-corrected chi connectivity index (χ2v) is 6.88. The molecule has 0 heterocycles. The second kappa shape index (κ2) is 10.8. The molecule has 0 aliphatic heterocycles. The smallest absolute Gasteiger partial charge is 0.231 e. The van der Waals surface area contributed by atoms with E-state index in [1.165, 1.54) is 33.1 Å². The Morgan fingerprint density at radius 3 is 2.17 bits per heavy atom. The Bertz CT molecular complexity index is 907. The Labute approximate surface area is 174 Å². The van der Waals surface area contributed by atoms with E-state index in [1.807, 2.05) is 12.1 Å². The minimum atomic E-state index is -0.855. The maximum atomic E-state index is 12.3. The Balaban J connectivity index is 2.00. The first-order valence-corrected chi connectivity index (χ1v) is 9.77. The molecule has 0 spiro atoms. The fourth-order valence-electron chi connectivity index (χ4n) is 2.60. The summed E-state index contributed by atoms with van der Waals surface area (Å²) in [5, 5.41) is 21.1. The second-order valence-electron chi connectivity index (χ2n) is 5.89. The molecule has 0 aromatic heterocycles. The van der Waals surface area contributed by atoms with E-state index in [-0.39, 0.29) is 11.7 Å². The molecule has 0 saturated heterocycles. The van der Waals surface area contributed by atoms with Gasteiger partial charge in [0.05, 0.1) is 44.8 Å². The lowest BCUT2D eigenvalue weighted by Crippen LogP contribution is -2.29. The van der Waals surface area contributed by atoms with Crippen LogP contribution in [0.3, 0.4) is 0 Å². The summed E-state index contributed by atoms with van der Waals surface area (Å²) in [4.78, 5) is 12.3. The Hall–Kier alpha value is -3.36. The highest BCUT2D eigenvalue weighted by Gasteiger charge is 2.20. The molecule has 0 radical (unpaired) electrons. The van der Waals surface area contributed by atoms with Crippen LogP contribution >= 0.6 is 11.8 Å². The van der Waals surface area contributed by atoms with Gasteiger partial charge in [-0.05, 0) is 35.4 Å². The summed E-state index contributed by atoms with van der Waals surface area (Å²) < 4.78 is 15.9. The van der Waals surface area contributed by atoms with Crippen molar-refractivity contribution in [2.75, 3.05) is 27.1 Å². The standard InChI is InChI=1S/C21H21N3O4S/c1-26-18-8-16(9-19(27-2)21(18)28-3)17(11-23)24-20(25)13-29-12-15-6-4-14(10-22)5-7-15/h4-9,17H,12-13H2,1-3H3,(H,24,25). The summed E-state index contributed by atoms with van der Waals surface area (Å²) in [6.45, 7) is 0. The Morgan fingerprint density at radius 1 is 1.07 bits per heavy atom. The van der Waals surface area contributed by atoms with Crippen molar-refractivity contribution in [3.8, 4) is 29.4 Å². The number of ether oxygens (including phenoxy) is 3. The van der Waals surface area contributed by atoms with Crippen molar-refractivity contribution >= 4 is 17.7 Å². The highest BCUT2D eigenvalue weighted by atomic mass is 32.2. The molecule has 1 atom stereocenters. The summed E-state index contributed by atoms with van der Waals surface area (Å²) in [6, 6.07) is 13.8. The number of carbonyl (C=O) groups is 1. The number of nitrogens with one attached hydrogen (secondary N) is 1. The molecule has 2 aromatic rings. The van der Waals surface area contributed by atoms with Crippen molar-refractivity contribution in [2.24, 2.45) is 0 Å². The van der Waals surface area contributed by atoms with Crippen molar-refractivity contribution in [3.63, 3.8) is 0 Å². The van der Waals surface area contributed by atoms with Gasteiger partial charge < -0.3 is 19.5 Å². The Kier molecular flexibility index (Phi) is 8.20. The van der Waals surface area contributed by atoms with Gasteiger partial charge in [0.2, 0.25) is 11.7 Å². The average molecular weight is 411 g/mol. The van der Waals surface area contributed by atoms with Crippen LogP contribution in [0.2, 0.25) is 0 Å². The molecule has 2 rings (SSSR count). The van der Waals surface area contributed by atoms with Gasteiger partial charge in [-0.15, -0.1) is 11.8 Å². The normalized spacial score (nSPS) is 10.9. The van der Waals surface area contributed by atoms with E-state index in [0.717, 1.165) is 5.56 Å². The van der Waals surface area contributed by atoms with E-state index in [2.05, 4.69) is 17.5 Å². The van der Waals surface area contributed by atoms with Gasteiger partial charge in [0, 0.05) is 5.75 Å². The molecule has 0 saturated carbocycles. The van der Waals surface area contributed by atoms with Crippen LogP contribution in [0.1, 0.15) is 22.7 Å². The van der Waals surface area contributed by atoms with Crippen LogP contribution in [0.25, 0.3) is 0 Å². The summed E-state index contributed by atoms with van der Waals surface area (Å²) in [5.41, 5.74) is 2.15. The average Bonchev–Trinajstić information content (AvgIpc) is 2.76. The van der Waals surface area contributed by atoms with Crippen LogP contribution in [-0.2, 0) is 10.5 Å². The van der Waals surface area contributed by atoms with E-state index in [9.17, 15) is 10.1 Å². The van der Waals surface area contributed by atoms with Crippen molar-refractivity contribution in [2.45, 2.75) is 11.8 Å². The fourth-order valence-corrected chi connectivity index (χ4v) is 3.40. The van der Waals surface area contributed by atoms with E-state index >= 15 is 0 Å². The molecule has 0 fully saturated rings. The number of thioether (sulfide) groups is 1. The number of amides is 1. The van der Waals surface area contributed by atoms with Gasteiger partial charge in [-0.25, -0.2) is 0 Å². The minimum absolute atomic E-state index is 0.197.